The van der Waals surface area contributed by atoms with Crippen LogP contribution in [0, 0.1) is 0 Å². The van der Waals surface area contributed by atoms with Gasteiger partial charge in [0.15, 0.2) is 5.78 Å². The van der Waals surface area contributed by atoms with E-state index in [0.29, 0.717) is 19.3 Å². The first-order valence-electron chi connectivity index (χ1n) is 7.94. The molecule has 1 unspecified atom stereocenters. The average Bonchev–Trinajstić information content (AvgIpc) is 2.60. The van der Waals surface area contributed by atoms with E-state index in [2.05, 4.69) is 10.3 Å². The summed E-state index contributed by atoms with van der Waals surface area (Å²) in [5.41, 5.74) is 1.72. The van der Waals surface area contributed by atoms with Gasteiger partial charge in [-0.15, -0.1) is 0 Å². The summed E-state index contributed by atoms with van der Waals surface area (Å²) in [6.07, 6.45) is 5.82. The minimum absolute atomic E-state index is 0.00788. The molecule has 0 bridgehead atoms. The van der Waals surface area contributed by atoms with Crippen LogP contribution in [0.25, 0.3) is 0 Å². The normalized spacial score (nSPS) is 11.7. The van der Waals surface area contributed by atoms with Crippen LogP contribution >= 0.6 is 0 Å². The Morgan fingerprint density at radius 2 is 1.78 bits per heavy atom. The van der Waals surface area contributed by atoms with Gasteiger partial charge in [-0.3, -0.25) is 14.6 Å². The van der Waals surface area contributed by atoms with E-state index in [4.69, 9.17) is 0 Å². The van der Waals surface area contributed by atoms with Crippen molar-refractivity contribution in [2.24, 2.45) is 0 Å². The molecule has 0 aliphatic carbocycles. The van der Waals surface area contributed by atoms with Crippen LogP contribution in [0.2, 0.25) is 0 Å². The maximum absolute atomic E-state index is 11.9. The zero-order valence-corrected chi connectivity index (χ0v) is 13.4. The van der Waals surface area contributed by atoms with E-state index in [1.807, 2.05) is 49.4 Å². The Balaban J connectivity index is 1.66. The SMILES string of the molecule is CC(NC(=O)CCCCC(=O)c1ccccc1)c1cccnc1. The first kappa shape index (κ1) is 16.9. The number of amides is 1. The van der Waals surface area contributed by atoms with E-state index in [9.17, 15) is 9.59 Å². The number of ketones is 1. The van der Waals surface area contributed by atoms with Gasteiger partial charge in [-0.1, -0.05) is 36.4 Å². The maximum atomic E-state index is 11.9. The Morgan fingerprint density at radius 1 is 1.04 bits per heavy atom. The van der Waals surface area contributed by atoms with Crippen LogP contribution in [0.1, 0.15) is 54.6 Å². The first-order chi connectivity index (χ1) is 11.2. The lowest BCUT2D eigenvalue weighted by Gasteiger charge is -2.13. The van der Waals surface area contributed by atoms with Crippen molar-refractivity contribution in [2.45, 2.75) is 38.6 Å². The standard InChI is InChI=1S/C19H22N2O2/c1-15(17-10-7-13-20-14-17)21-19(23)12-6-5-11-18(22)16-8-3-2-4-9-16/h2-4,7-10,13-15H,5-6,11-12H2,1H3,(H,21,23). The molecule has 0 aliphatic rings. The van der Waals surface area contributed by atoms with Gasteiger partial charge in [-0.25, -0.2) is 0 Å². The Hall–Kier alpha value is -2.49. The van der Waals surface area contributed by atoms with E-state index in [1.165, 1.54) is 0 Å². The van der Waals surface area contributed by atoms with Crippen molar-refractivity contribution >= 4 is 11.7 Å². The van der Waals surface area contributed by atoms with Crippen molar-refractivity contribution in [3.8, 4) is 0 Å². The fourth-order valence-electron chi connectivity index (χ4n) is 2.37. The van der Waals surface area contributed by atoms with Crippen molar-refractivity contribution in [2.75, 3.05) is 0 Å². The molecule has 1 amide bonds. The van der Waals surface area contributed by atoms with Crippen molar-refractivity contribution < 1.29 is 9.59 Å². The lowest BCUT2D eigenvalue weighted by Crippen LogP contribution is -2.26. The van der Waals surface area contributed by atoms with Gasteiger partial charge in [-0.05, 0) is 31.4 Å². The third kappa shape index (κ3) is 5.66. The van der Waals surface area contributed by atoms with Gasteiger partial charge in [0.1, 0.15) is 0 Å². The molecule has 0 aliphatic heterocycles. The van der Waals surface area contributed by atoms with Gasteiger partial charge < -0.3 is 5.32 Å². The molecule has 1 aromatic carbocycles. The highest BCUT2D eigenvalue weighted by Gasteiger charge is 2.10. The summed E-state index contributed by atoms with van der Waals surface area (Å²) in [4.78, 5) is 27.9. The molecular weight excluding hydrogens is 288 g/mol. The number of nitrogens with one attached hydrogen (secondary N) is 1. The molecule has 4 heteroatoms. The lowest BCUT2D eigenvalue weighted by atomic mass is 10.0. The van der Waals surface area contributed by atoms with Crippen LogP contribution in [0.4, 0.5) is 0 Å². The third-order valence-electron chi connectivity index (χ3n) is 3.72. The number of hydrogen-bond acceptors (Lipinski definition) is 3. The van der Waals surface area contributed by atoms with Crippen molar-refractivity contribution in [3.63, 3.8) is 0 Å². The quantitative estimate of drug-likeness (QED) is 0.597. The molecule has 0 radical (unpaired) electrons. The second-order valence-electron chi connectivity index (χ2n) is 5.57. The molecule has 4 nitrogen and oxygen atoms in total. The monoisotopic (exact) mass is 310 g/mol. The van der Waals surface area contributed by atoms with Crippen molar-refractivity contribution in [1.29, 1.82) is 0 Å². The Kier molecular flexibility index (Phi) is 6.48. The molecule has 2 rings (SSSR count). The van der Waals surface area contributed by atoms with E-state index in [1.54, 1.807) is 12.4 Å². The summed E-state index contributed by atoms with van der Waals surface area (Å²) >= 11 is 0. The predicted molar refractivity (Wildman–Crippen MR) is 90.0 cm³/mol. The topological polar surface area (TPSA) is 59.1 Å². The van der Waals surface area contributed by atoms with Crippen LogP contribution in [0.15, 0.2) is 54.9 Å². The van der Waals surface area contributed by atoms with Gasteiger partial charge in [0.25, 0.3) is 0 Å². The van der Waals surface area contributed by atoms with E-state index in [0.717, 1.165) is 17.5 Å². The van der Waals surface area contributed by atoms with Crippen LogP contribution in [0.5, 0.6) is 0 Å². The number of rotatable bonds is 8. The number of benzene rings is 1. The van der Waals surface area contributed by atoms with Gasteiger partial charge in [-0.2, -0.15) is 0 Å². The fraction of sp³-hybridized carbons (Fsp3) is 0.316. The van der Waals surface area contributed by atoms with Gasteiger partial charge in [0.2, 0.25) is 5.91 Å². The van der Waals surface area contributed by atoms with Crippen LogP contribution in [0.3, 0.4) is 0 Å². The number of Topliss-reactive ketones (excluding diaryl/α,β-unsaturated/α-hetero) is 1. The summed E-state index contributed by atoms with van der Waals surface area (Å²) in [6, 6.07) is 13.0. The highest BCUT2D eigenvalue weighted by molar-refractivity contribution is 5.95. The second kappa shape index (κ2) is 8.83. The van der Waals surface area contributed by atoms with Crippen LogP contribution < -0.4 is 5.32 Å². The van der Waals surface area contributed by atoms with Crippen LogP contribution in [-0.2, 0) is 4.79 Å². The molecule has 1 atom stereocenters. The average molecular weight is 310 g/mol. The lowest BCUT2D eigenvalue weighted by molar-refractivity contribution is -0.121. The number of pyridine rings is 1. The summed E-state index contributed by atoms with van der Waals surface area (Å²) < 4.78 is 0. The summed E-state index contributed by atoms with van der Waals surface area (Å²) in [7, 11) is 0. The van der Waals surface area contributed by atoms with E-state index < -0.39 is 0 Å². The Labute approximate surface area is 137 Å². The zero-order chi connectivity index (χ0) is 16.5. The number of unbranched alkanes of at least 4 members (excludes halogenated alkanes) is 1. The highest BCUT2D eigenvalue weighted by Crippen LogP contribution is 2.11. The Morgan fingerprint density at radius 3 is 2.48 bits per heavy atom. The number of nitrogens with zero attached hydrogens (tertiary/aromatic N) is 1. The predicted octanol–water partition coefficient (Wildman–Crippen LogP) is 3.70. The first-order valence-corrected chi connectivity index (χ1v) is 7.94. The van der Waals surface area contributed by atoms with Gasteiger partial charge >= 0.3 is 0 Å². The number of hydrogen-bond donors (Lipinski definition) is 1. The van der Waals surface area contributed by atoms with E-state index in [-0.39, 0.29) is 17.7 Å². The molecule has 1 N–H and O–H groups in total. The molecule has 0 spiro atoms. The fourth-order valence-corrected chi connectivity index (χ4v) is 2.37. The van der Waals surface area contributed by atoms with Crippen molar-refractivity contribution in [1.82, 2.24) is 10.3 Å². The molecule has 2 aromatic rings. The third-order valence-corrected chi connectivity index (χ3v) is 3.72. The molecule has 0 saturated carbocycles. The Bertz CT molecular complexity index is 626. The molecule has 0 saturated heterocycles. The zero-order valence-electron chi connectivity index (χ0n) is 13.4. The second-order valence-corrected chi connectivity index (χ2v) is 5.57. The number of aromatic nitrogens is 1. The molecule has 23 heavy (non-hydrogen) atoms. The summed E-state index contributed by atoms with van der Waals surface area (Å²) in [6.45, 7) is 1.94. The molecule has 120 valence electrons. The smallest absolute Gasteiger partial charge is 0.220 e. The minimum atomic E-state index is -0.0536. The summed E-state index contributed by atoms with van der Waals surface area (Å²) in [5, 5.41) is 2.95. The largest absolute Gasteiger partial charge is 0.350 e. The molecule has 1 heterocycles. The molecule has 1 aromatic heterocycles. The minimum Gasteiger partial charge on any atom is -0.350 e. The van der Waals surface area contributed by atoms with Gasteiger partial charge in [0, 0.05) is 30.8 Å². The number of carbonyl (C=O) groups is 2. The van der Waals surface area contributed by atoms with E-state index >= 15 is 0 Å². The maximum Gasteiger partial charge on any atom is 0.220 e. The van der Waals surface area contributed by atoms with Crippen molar-refractivity contribution in [3.05, 3.63) is 66.0 Å². The van der Waals surface area contributed by atoms with Crippen LogP contribution in [-0.4, -0.2) is 16.7 Å². The highest BCUT2D eigenvalue weighted by atomic mass is 16.1. The van der Waals surface area contributed by atoms with Gasteiger partial charge in [0.05, 0.1) is 6.04 Å². The molecule has 0 fully saturated rings. The summed E-state index contributed by atoms with van der Waals surface area (Å²) in [5.74, 6) is 0.142. The molecular formula is C19H22N2O2. The number of carbonyl (C=O) groups excluding carboxylic acids is 2.